The van der Waals surface area contributed by atoms with Crippen LogP contribution in [-0.2, 0) is 4.79 Å². The number of nitrogens with two attached hydrogens (primary N) is 1. The van der Waals surface area contributed by atoms with Crippen LogP contribution in [0.4, 0.5) is 0 Å². The highest BCUT2D eigenvalue weighted by Gasteiger charge is 2.27. The van der Waals surface area contributed by atoms with Crippen molar-refractivity contribution in [1.82, 2.24) is 9.97 Å². The van der Waals surface area contributed by atoms with Gasteiger partial charge >= 0.3 is 0 Å². The summed E-state index contributed by atoms with van der Waals surface area (Å²) < 4.78 is 0. The standard InChI is InChI=1S/C18H13Cl2N3O/c19-12-7-4-8-13(20)16(12)17(18(21)24)15-10-22-9-14(23-15)11-5-2-1-3-6-11/h1-10,17H,(H2,21,24). The smallest absolute Gasteiger partial charge is 0.231 e. The predicted octanol–water partition coefficient (Wildman–Crippen LogP) is 4.07. The molecule has 0 spiro atoms. The van der Waals surface area contributed by atoms with Gasteiger partial charge in [-0.15, -0.1) is 0 Å². The molecule has 0 aliphatic rings. The van der Waals surface area contributed by atoms with Crippen LogP contribution in [0.2, 0.25) is 10.0 Å². The van der Waals surface area contributed by atoms with Gasteiger partial charge in [-0.3, -0.25) is 9.78 Å². The van der Waals surface area contributed by atoms with Crippen LogP contribution < -0.4 is 5.73 Å². The lowest BCUT2D eigenvalue weighted by Crippen LogP contribution is -2.24. The molecule has 3 aromatic rings. The van der Waals surface area contributed by atoms with Gasteiger partial charge in [-0.25, -0.2) is 4.98 Å². The topological polar surface area (TPSA) is 68.9 Å². The molecular formula is C18H13Cl2N3O. The Morgan fingerprint density at radius 2 is 1.62 bits per heavy atom. The molecule has 0 saturated heterocycles. The highest BCUT2D eigenvalue weighted by Crippen LogP contribution is 2.35. The van der Waals surface area contributed by atoms with Crippen molar-refractivity contribution in [3.8, 4) is 11.3 Å². The van der Waals surface area contributed by atoms with E-state index in [0.717, 1.165) is 5.56 Å². The lowest BCUT2D eigenvalue weighted by Gasteiger charge is -2.17. The van der Waals surface area contributed by atoms with Gasteiger partial charge in [0.1, 0.15) is 5.92 Å². The van der Waals surface area contributed by atoms with Gasteiger partial charge in [0.05, 0.1) is 17.6 Å². The van der Waals surface area contributed by atoms with Crippen LogP contribution >= 0.6 is 23.2 Å². The maximum absolute atomic E-state index is 12.1. The van der Waals surface area contributed by atoms with Crippen LogP contribution in [0.1, 0.15) is 17.2 Å². The summed E-state index contributed by atoms with van der Waals surface area (Å²) in [5.74, 6) is -1.47. The van der Waals surface area contributed by atoms with E-state index >= 15 is 0 Å². The number of benzene rings is 2. The number of primary amides is 1. The number of carbonyl (C=O) groups is 1. The quantitative estimate of drug-likeness (QED) is 0.764. The first-order valence-electron chi connectivity index (χ1n) is 7.18. The van der Waals surface area contributed by atoms with Crippen molar-refractivity contribution in [2.45, 2.75) is 5.92 Å². The van der Waals surface area contributed by atoms with Crippen molar-refractivity contribution in [3.63, 3.8) is 0 Å². The van der Waals surface area contributed by atoms with E-state index in [2.05, 4.69) is 9.97 Å². The van der Waals surface area contributed by atoms with E-state index in [1.54, 1.807) is 24.4 Å². The monoisotopic (exact) mass is 357 g/mol. The maximum atomic E-state index is 12.1. The molecule has 2 aromatic carbocycles. The Balaban J connectivity index is 2.13. The second-order valence-corrected chi connectivity index (χ2v) is 5.98. The number of hydrogen-bond acceptors (Lipinski definition) is 3. The summed E-state index contributed by atoms with van der Waals surface area (Å²) in [6.07, 6.45) is 3.13. The Bertz CT molecular complexity index is 864. The number of aromatic nitrogens is 2. The van der Waals surface area contributed by atoms with Gasteiger partial charge in [0.15, 0.2) is 0 Å². The molecule has 0 aliphatic heterocycles. The normalized spacial score (nSPS) is 11.9. The van der Waals surface area contributed by atoms with Gasteiger partial charge in [-0.1, -0.05) is 59.6 Å². The minimum absolute atomic E-state index is 0.359. The lowest BCUT2D eigenvalue weighted by atomic mass is 9.95. The first-order valence-corrected chi connectivity index (χ1v) is 7.94. The maximum Gasteiger partial charge on any atom is 0.231 e. The predicted molar refractivity (Wildman–Crippen MR) is 95.0 cm³/mol. The third-order valence-electron chi connectivity index (χ3n) is 3.59. The Morgan fingerprint density at radius 3 is 2.25 bits per heavy atom. The highest BCUT2D eigenvalue weighted by atomic mass is 35.5. The molecule has 1 atom stereocenters. The summed E-state index contributed by atoms with van der Waals surface area (Å²) in [6.45, 7) is 0. The minimum Gasteiger partial charge on any atom is -0.369 e. The van der Waals surface area contributed by atoms with Crippen LogP contribution in [0.15, 0.2) is 60.9 Å². The van der Waals surface area contributed by atoms with Gasteiger partial charge < -0.3 is 5.73 Å². The van der Waals surface area contributed by atoms with Crippen LogP contribution in [0, 0.1) is 0 Å². The zero-order valence-corrected chi connectivity index (χ0v) is 14.0. The van der Waals surface area contributed by atoms with Gasteiger partial charge in [0.2, 0.25) is 5.91 Å². The molecule has 24 heavy (non-hydrogen) atoms. The molecule has 6 heteroatoms. The zero-order chi connectivity index (χ0) is 17.1. The number of halogens is 2. The van der Waals surface area contributed by atoms with Gasteiger partial charge in [-0.2, -0.15) is 0 Å². The molecule has 0 saturated carbocycles. The fourth-order valence-corrected chi connectivity index (χ4v) is 3.11. The minimum atomic E-state index is -0.873. The Morgan fingerprint density at radius 1 is 0.958 bits per heavy atom. The average Bonchev–Trinajstić information content (AvgIpc) is 2.59. The molecule has 4 nitrogen and oxygen atoms in total. The van der Waals surface area contributed by atoms with Crippen molar-refractivity contribution >= 4 is 29.1 Å². The fourth-order valence-electron chi connectivity index (χ4n) is 2.49. The van der Waals surface area contributed by atoms with Crippen LogP contribution in [0.25, 0.3) is 11.3 Å². The van der Waals surface area contributed by atoms with E-state index in [-0.39, 0.29) is 0 Å². The van der Waals surface area contributed by atoms with Crippen molar-refractivity contribution in [2.75, 3.05) is 0 Å². The van der Waals surface area contributed by atoms with E-state index in [9.17, 15) is 4.79 Å². The summed E-state index contributed by atoms with van der Waals surface area (Å²) in [5, 5.41) is 0.719. The molecule has 3 rings (SSSR count). The molecule has 120 valence electrons. The lowest BCUT2D eigenvalue weighted by molar-refractivity contribution is -0.118. The largest absolute Gasteiger partial charge is 0.369 e. The van der Waals surface area contributed by atoms with Gasteiger partial charge in [-0.05, 0) is 12.1 Å². The van der Waals surface area contributed by atoms with E-state index in [1.807, 2.05) is 30.3 Å². The summed E-state index contributed by atoms with van der Waals surface area (Å²) in [6, 6.07) is 14.6. The van der Waals surface area contributed by atoms with Crippen molar-refractivity contribution in [2.24, 2.45) is 5.73 Å². The van der Waals surface area contributed by atoms with E-state index in [0.29, 0.717) is 27.0 Å². The SMILES string of the molecule is NC(=O)C(c1cncc(-c2ccccc2)n1)c1c(Cl)cccc1Cl. The highest BCUT2D eigenvalue weighted by molar-refractivity contribution is 6.36. The van der Waals surface area contributed by atoms with Crippen LogP contribution in [-0.4, -0.2) is 15.9 Å². The second-order valence-electron chi connectivity index (χ2n) is 5.17. The first kappa shape index (κ1) is 16.4. The van der Waals surface area contributed by atoms with E-state index < -0.39 is 11.8 Å². The second kappa shape index (κ2) is 6.99. The van der Waals surface area contributed by atoms with Crippen molar-refractivity contribution < 1.29 is 4.79 Å². The Hall–Kier alpha value is -2.43. The Labute approximate surface area is 149 Å². The van der Waals surface area contributed by atoms with Crippen LogP contribution in [0.3, 0.4) is 0 Å². The number of hydrogen-bond donors (Lipinski definition) is 1. The summed E-state index contributed by atoms with van der Waals surface area (Å²) >= 11 is 12.5. The fraction of sp³-hybridized carbons (Fsp3) is 0.0556. The number of nitrogens with zero attached hydrogens (tertiary/aromatic N) is 2. The molecular weight excluding hydrogens is 345 g/mol. The summed E-state index contributed by atoms with van der Waals surface area (Å²) in [7, 11) is 0. The number of rotatable bonds is 4. The molecule has 0 fully saturated rings. The average molecular weight is 358 g/mol. The first-order chi connectivity index (χ1) is 11.6. The molecule has 0 bridgehead atoms. The Kier molecular flexibility index (Phi) is 4.79. The number of carbonyl (C=O) groups excluding carboxylic acids is 1. The molecule has 1 heterocycles. The van der Waals surface area contributed by atoms with Gasteiger partial charge in [0, 0.05) is 27.4 Å². The van der Waals surface area contributed by atoms with Gasteiger partial charge in [0.25, 0.3) is 0 Å². The molecule has 0 radical (unpaired) electrons. The third-order valence-corrected chi connectivity index (χ3v) is 4.25. The summed E-state index contributed by atoms with van der Waals surface area (Å²) in [5.41, 5.74) is 7.97. The zero-order valence-electron chi connectivity index (χ0n) is 12.5. The van der Waals surface area contributed by atoms with Crippen molar-refractivity contribution in [1.29, 1.82) is 0 Å². The number of amides is 1. The van der Waals surface area contributed by atoms with Crippen molar-refractivity contribution in [3.05, 3.63) is 82.2 Å². The molecule has 0 aliphatic carbocycles. The van der Waals surface area contributed by atoms with Crippen LogP contribution in [0.5, 0.6) is 0 Å². The van der Waals surface area contributed by atoms with E-state index in [1.165, 1.54) is 6.20 Å². The molecule has 1 aromatic heterocycles. The third kappa shape index (κ3) is 3.25. The molecule has 2 N–H and O–H groups in total. The molecule has 1 unspecified atom stereocenters. The molecule has 1 amide bonds. The van der Waals surface area contributed by atoms with E-state index in [4.69, 9.17) is 28.9 Å². The summed E-state index contributed by atoms with van der Waals surface area (Å²) in [4.78, 5) is 20.8.